The van der Waals surface area contributed by atoms with Gasteiger partial charge in [-0.1, -0.05) is 31.0 Å². The Morgan fingerprint density at radius 2 is 1.96 bits per heavy atom. The van der Waals surface area contributed by atoms with E-state index in [9.17, 15) is 4.79 Å². The molecule has 1 aliphatic rings. The lowest BCUT2D eigenvalue weighted by molar-refractivity contribution is 0.0746. The molecule has 27 heavy (non-hydrogen) atoms. The van der Waals surface area contributed by atoms with Crippen LogP contribution in [0.4, 0.5) is 11.4 Å². The van der Waals surface area contributed by atoms with Gasteiger partial charge in [-0.15, -0.1) is 0 Å². The minimum atomic E-state index is 0.0546. The number of hydrogen-bond donors (Lipinski definition) is 0. The van der Waals surface area contributed by atoms with Crippen LogP contribution in [-0.4, -0.2) is 55.6 Å². The number of rotatable bonds is 6. The predicted molar refractivity (Wildman–Crippen MR) is 112 cm³/mol. The van der Waals surface area contributed by atoms with Crippen molar-refractivity contribution in [1.82, 2.24) is 9.88 Å². The molecule has 0 saturated carbocycles. The molecule has 1 saturated heterocycles. The standard InChI is InChI=1S/C21H27ClN4O/c1-3-4-8-24(2)20-13-17(15-23-16-20)21(27)26-11-9-25(10-12-26)19-7-5-6-18(22)14-19/h5-7,13-16H,3-4,8-12H2,1-2H3. The van der Waals surface area contributed by atoms with E-state index in [1.807, 2.05) is 42.4 Å². The summed E-state index contributed by atoms with van der Waals surface area (Å²) < 4.78 is 0. The molecule has 2 aromatic rings. The van der Waals surface area contributed by atoms with E-state index in [-0.39, 0.29) is 5.91 Å². The number of carbonyl (C=O) groups excluding carboxylic acids is 1. The molecular formula is C21H27ClN4O. The molecule has 1 aromatic heterocycles. The third-order valence-electron chi connectivity index (χ3n) is 5.00. The van der Waals surface area contributed by atoms with Crippen LogP contribution in [0.25, 0.3) is 0 Å². The summed E-state index contributed by atoms with van der Waals surface area (Å²) in [5.41, 5.74) is 2.76. The summed E-state index contributed by atoms with van der Waals surface area (Å²) >= 11 is 6.09. The number of pyridine rings is 1. The third kappa shape index (κ3) is 4.92. The Bertz CT molecular complexity index is 774. The van der Waals surface area contributed by atoms with Gasteiger partial charge in [0.2, 0.25) is 0 Å². The number of carbonyl (C=O) groups is 1. The van der Waals surface area contributed by atoms with Gasteiger partial charge in [0.25, 0.3) is 5.91 Å². The van der Waals surface area contributed by atoms with Crippen molar-refractivity contribution in [2.24, 2.45) is 0 Å². The number of benzene rings is 1. The summed E-state index contributed by atoms with van der Waals surface area (Å²) in [4.78, 5) is 23.5. The van der Waals surface area contributed by atoms with Gasteiger partial charge in [-0.25, -0.2) is 0 Å². The van der Waals surface area contributed by atoms with Gasteiger partial charge in [0.1, 0.15) is 0 Å². The summed E-state index contributed by atoms with van der Waals surface area (Å²) in [6, 6.07) is 9.82. The van der Waals surface area contributed by atoms with Crippen LogP contribution in [-0.2, 0) is 0 Å². The number of piperazine rings is 1. The highest BCUT2D eigenvalue weighted by molar-refractivity contribution is 6.30. The first-order valence-corrected chi connectivity index (χ1v) is 9.92. The normalized spacial score (nSPS) is 14.3. The highest BCUT2D eigenvalue weighted by atomic mass is 35.5. The van der Waals surface area contributed by atoms with E-state index in [0.717, 1.165) is 48.9 Å². The largest absolute Gasteiger partial charge is 0.373 e. The fourth-order valence-corrected chi connectivity index (χ4v) is 3.49. The van der Waals surface area contributed by atoms with Crippen molar-refractivity contribution < 1.29 is 4.79 Å². The Kier molecular flexibility index (Phi) is 6.56. The van der Waals surface area contributed by atoms with Gasteiger partial charge < -0.3 is 14.7 Å². The maximum absolute atomic E-state index is 12.9. The summed E-state index contributed by atoms with van der Waals surface area (Å²) in [7, 11) is 2.05. The number of hydrogen-bond acceptors (Lipinski definition) is 4. The van der Waals surface area contributed by atoms with E-state index in [1.54, 1.807) is 6.20 Å². The van der Waals surface area contributed by atoms with Crippen molar-refractivity contribution in [1.29, 1.82) is 0 Å². The Labute approximate surface area is 166 Å². The third-order valence-corrected chi connectivity index (χ3v) is 5.23. The Morgan fingerprint density at radius 1 is 1.19 bits per heavy atom. The van der Waals surface area contributed by atoms with Crippen molar-refractivity contribution in [3.63, 3.8) is 0 Å². The number of unbranched alkanes of at least 4 members (excludes halogenated alkanes) is 1. The van der Waals surface area contributed by atoms with Crippen LogP contribution in [0.15, 0.2) is 42.7 Å². The number of aromatic nitrogens is 1. The second kappa shape index (κ2) is 9.09. The molecule has 1 amide bonds. The molecule has 0 unspecified atom stereocenters. The Balaban J connectivity index is 1.62. The lowest BCUT2D eigenvalue weighted by atomic mass is 10.2. The molecule has 0 radical (unpaired) electrons. The minimum absolute atomic E-state index is 0.0546. The van der Waals surface area contributed by atoms with E-state index in [4.69, 9.17) is 11.6 Å². The zero-order valence-electron chi connectivity index (χ0n) is 16.1. The topological polar surface area (TPSA) is 39.7 Å². The fourth-order valence-electron chi connectivity index (χ4n) is 3.30. The van der Waals surface area contributed by atoms with Gasteiger partial charge in [-0.3, -0.25) is 9.78 Å². The smallest absolute Gasteiger partial charge is 0.255 e. The molecule has 5 nitrogen and oxygen atoms in total. The average Bonchev–Trinajstić information content (AvgIpc) is 2.71. The summed E-state index contributed by atoms with van der Waals surface area (Å²) in [5.74, 6) is 0.0546. The number of halogens is 1. The van der Waals surface area contributed by atoms with Gasteiger partial charge in [-0.2, -0.15) is 0 Å². The van der Waals surface area contributed by atoms with Crippen LogP contribution in [0.1, 0.15) is 30.1 Å². The van der Waals surface area contributed by atoms with Crippen molar-refractivity contribution in [2.75, 3.05) is 49.6 Å². The Hall–Kier alpha value is -2.27. The number of amides is 1. The molecule has 0 aliphatic carbocycles. The second-order valence-corrected chi connectivity index (χ2v) is 7.40. The van der Waals surface area contributed by atoms with Gasteiger partial charge in [0.05, 0.1) is 17.4 Å². The second-order valence-electron chi connectivity index (χ2n) is 6.97. The van der Waals surface area contributed by atoms with Crippen LogP contribution >= 0.6 is 11.6 Å². The van der Waals surface area contributed by atoms with Gasteiger partial charge in [0, 0.05) is 56.7 Å². The Morgan fingerprint density at radius 3 is 2.67 bits per heavy atom. The van der Waals surface area contributed by atoms with E-state index in [0.29, 0.717) is 18.7 Å². The summed E-state index contributed by atoms with van der Waals surface area (Å²) in [6.07, 6.45) is 5.76. The highest BCUT2D eigenvalue weighted by Gasteiger charge is 2.23. The van der Waals surface area contributed by atoms with Crippen LogP contribution in [0.2, 0.25) is 5.02 Å². The van der Waals surface area contributed by atoms with Gasteiger partial charge >= 0.3 is 0 Å². The highest BCUT2D eigenvalue weighted by Crippen LogP contribution is 2.22. The zero-order chi connectivity index (χ0) is 19.2. The molecule has 1 aromatic carbocycles. The van der Waals surface area contributed by atoms with Crippen LogP contribution in [0.3, 0.4) is 0 Å². The molecule has 3 rings (SSSR count). The first-order valence-electron chi connectivity index (χ1n) is 9.54. The number of nitrogens with zero attached hydrogens (tertiary/aromatic N) is 4. The van der Waals surface area contributed by atoms with Crippen LogP contribution in [0, 0.1) is 0 Å². The monoisotopic (exact) mass is 386 g/mol. The van der Waals surface area contributed by atoms with Crippen LogP contribution < -0.4 is 9.80 Å². The van der Waals surface area contributed by atoms with Crippen molar-refractivity contribution in [2.45, 2.75) is 19.8 Å². The molecule has 1 aliphatic heterocycles. The minimum Gasteiger partial charge on any atom is -0.373 e. The first kappa shape index (κ1) is 19.5. The molecule has 2 heterocycles. The fraction of sp³-hybridized carbons (Fsp3) is 0.429. The lowest BCUT2D eigenvalue weighted by Crippen LogP contribution is -2.48. The molecule has 0 spiro atoms. The van der Waals surface area contributed by atoms with Crippen molar-refractivity contribution in [3.05, 3.63) is 53.3 Å². The van der Waals surface area contributed by atoms with Crippen LogP contribution in [0.5, 0.6) is 0 Å². The van der Waals surface area contributed by atoms with Gasteiger partial charge in [0.15, 0.2) is 0 Å². The summed E-state index contributed by atoms with van der Waals surface area (Å²) in [5, 5.41) is 0.737. The molecule has 0 atom stereocenters. The number of anilines is 2. The van der Waals surface area contributed by atoms with E-state index in [2.05, 4.69) is 27.8 Å². The van der Waals surface area contributed by atoms with Gasteiger partial charge in [-0.05, 0) is 30.7 Å². The first-order chi connectivity index (χ1) is 13.1. The summed E-state index contributed by atoms with van der Waals surface area (Å²) in [6.45, 7) is 6.14. The predicted octanol–water partition coefficient (Wildman–Crippen LogP) is 3.93. The maximum Gasteiger partial charge on any atom is 0.255 e. The molecule has 0 N–H and O–H groups in total. The molecule has 0 bridgehead atoms. The molecule has 144 valence electrons. The van der Waals surface area contributed by atoms with E-state index >= 15 is 0 Å². The molecule has 6 heteroatoms. The van der Waals surface area contributed by atoms with E-state index < -0.39 is 0 Å². The zero-order valence-corrected chi connectivity index (χ0v) is 16.8. The quantitative estimate of drug-likeness (QED) is 0.754. The van der Waals surface area contributed by atoms with E-state index in [1.165, 1.54) is 0 Å². The SMILES string of the molecule is CCCCN(C)c1cncc(C(=O)N2CCN(c3cccc(Cl)c3)CC2)c1. The lowest BCUT2D eigenvalue weighted by Gasteiger charge is -2.36. The molecular weight excluding hydrogens is 360 g/mol. The van der Waals surface area contributed by atoms with Crippen molar-refractivity contribution in [3.8, 4) is 0 Å². The maximum atomic E-state index is 12.9. The van der Waals surface area contributed by atoms with Crippen molar-refractivity contribution >= 4 is 28.9 Å². The molecule has 1 fully saturated rings. The average molecular weight is 387 g/mol.